The highest BCUT2D eigenvalue weighted by Crippen LogP contribution is 2.18. The number of aliphatic carboxylic acids is 1. The molecule has 0 bridgehead atoms. The standard InChI is InChI=1S/C11H18N2O3/c1-11(2)8-13(7-6-12(11)3)9(14)4-5-10(15)16/h4-5H,6-8H2,1-3H3,(H,15,16). The summed E-state index contributed by atoms with van der Waals surface area (Å²) in [5, 5.41) is 8.44. The largest absolute Gasteiger partial charge is 0.478 e. The predicted octanol–water partition coefficient (Wildman–Crippen LogP) is 0.180. The molecule has 5 heteroatoms. The minimum atomic E-state index is -1.10. The molecule has 90 valence electrons. The van der Waals surface area contributed by atoms with Crippen LogP contribution in [-0.2, 0) is 9.59 Å². The topological polar surface area (TPSA) is 60.9 Å². The monoisotopic (exact) mass is 226 g/mol. The second-order valence-electron chi connectivity index (χ2n) is 4.67. The van der Waals surface area contributed by atoms with Gasteiger partial charge in [0.15, 0.2) is 0 Å². The first-order chi connectivity index (χ1) is 7.33. The second-order valence-corrected chi connectivity index (χ2v) is 4.67. The Morgan fingerprint density at radius 3 is 2.38 bits per heavy atom. The molecule has 0 unspecified atom stereocenters. The molecule has 1 aliphatic heterocycles. The summed E-state index contributed by atoms with van der Waals surface area (Å²) in [5.41, 5.74) is -0.0645. The zero-order valence-electron chi connectivity index (χ0n) is 9.93. The fourth-order valence-electron chi connectivity index (χ4n) is 1.68. The Labute approximate surface area is 95.3 Å². The maximum absolute atomic E-state index is 11.7. The maximum Gasteiger partial charge on any atom is 0.328 e. The van der Waals surface area contributed by atoms with Gasteiger partial charge in [-0.2, -0.15) is 0 Å². The van der Waals surface area contributed by atoms with E-state index in [1.165, 1.54) is 0 Å². The van der Waals surface area contributed by atoms with Crippen molar-refractivity contribution in [3.63, 3.8) is 0 Å². The molecule has 1 saturated heterocycles. The quantitative estimate of drug-likeness (QED) is 0.682. The molecule has 0 aromatic rings. The van der Waals surface area contributed by atoms with Gasteiger partial charge in [0.1, 0.15) is 0 Å². The number of carbonyl (C=O) groups excluding carboxylic acids is 1. The SMILES string of the molecule is CN1CCN(C(=O)C=CC(=O)O)CC1(C)C. The molecule has 0 aliphatic carbocycles. The van der Waals surface area contributed by atoms with Crippen molar-refractivity contribution in [3.05, 3.63) is 12.2 Å². The molecule has 0 radical (unpaired) electrons. The van der Waals surface area contributed by atoms with Gasteiger partial charge in [0, 0.05) is 37.3 Å². The summed E-state index contributed by atoms with van der Waals surface area (Å²) in [6.07, 6.45) is 2.00. The van der Waals surface area contributed by atoms with E-state index >= 15 is 0 Å². The number of hydrogen-bond acceptors (Lipinski definition) is 3. The molecule has 1 amide bonds. The first-order valence-electron chi connectivity index (χ1n) is 5.24. The number of carboxylic acids is 1. The first kappa shape index (κ1) is 12.7. The summed E-state index contributed by atoms with van der Waals surface area (Å²) in [4.78, 5) is 25.8. The molecule has 1 N–H and O–H groups in total. The van der Waals surface area contributed by atoms with E-state index in [1.54, 1.807) is 4.90 Å². The average Bonchev–Trinajstić information content (AvgIpc) is 2.18. The van der Waals surface area contributed by atoms with Crippen molar-refractivity contribution < 1.29 is 14.7 Å². The van der Waals surface area contributed by atoms with E-state index in [1.807, 2.05) is 7.05 Å². The van der Waals surface area contributed by atoms with Gasteiger partial charge in [0.2, 0.25) is 5.91 Å². The Morgan fingerprint density at radius 2 is 1.88 bits per heavy atom. The highest BCUT2D eigenvalue weighted by atomic mass is 16.4. The molecule has 0 atom stereocenters. The Kier molecular flexibility index (Phi) is 3.70. The van der Waals surface area contributed by atoms with Crippen molar-refractivity contribution in [1.29, 1.82) is 0 Å². The number of hydrogen-bond donors (Lipinski definition) is 1. The predicted molar refractivity (Wildman–Crippen MR) is 60.1 cm³/mol. The van der Waals surface area contributed by atoms with Crippen LogP contribution in [0, 0.1) is 0 Å². The van der Waals surface area contributed by atoms with Crippen molar-refractivity contribution in [2.24, 2.45) is 0 Å². The molecule has 0 aromatic heterocycles. The summed E-state index contributed by atoms with van der Waals surface area (Å²) in [7, 11) is 2.02. The Bertz CT molecular complexity index is 323. The number of rotatable bonds is 2. The summed E-state index contributed by atoms with van der Waals surface area (Å²) in [6.45, 7) is 6.19. The van der Waals surface area contributed by atoms with E-state index in [4.69, 9.17) is 5.11 Å². The number of piperazine rings is 1. The molecule has 1 heterocycles. The van der Waals surface area contributed by atoms with E-state index < -0.39 is 5.97 Å². The third-order valence-corrected chi connectivity index (χ3v) is 3.00. The number of nitrogens with zero attached hydrogens (tertiary/aromatic N) is 2. The van der Waals surface area contributed by atoms with Crippen LogP contribution >= 0.6 is 0 Å². The fraction of sp³-hybridized carbons (Fsp3) is 0.636. The molecule has 0 aromatic carbocycles. The van der Waals surface area contributed by atoms with Gasteiger partial charge in [-0.1, -0.05) is 0 Å². The molecule has 5 nitrogen and oxygen atoms in total. The van der Waals surface area contributed by atoms with Gasteiger partial charge in [-0.05, 0) is 20.9 Å². The van der Waals surface area contributed by atoms with Gasteiger partial charge in [-0.25, -0.2) is 4.79 Å². The van der Waals surface area contributed by atoms with Crippen molar-refractivity contribution >= 4 is 11.9 Å². The molecule has 0 spiro atoms. The lowest BCUT2D eigenvalue weighted by atomic mass is 10.00. The van der Waals surface area contributed by atoms with Crippen LogP contribution < -0.4 is 0 Å². The molecule has 1 fully saturated rings. The van der Waals surface area contributed by atoms with Crippen LogP contribution in [0.3, 0.4) is 0 Å². The third kappa shape index (κ3) is 3.06. The van der Waals surface area contributed by atoms with Crippen LogP contribution in [-0.4, -0.2) is 59.0 Å². The lowest BCUT2D eigenvalue weighted by Gasteiger charge is -2.45. The summed E-state index contributed by atoms with van der Waals surface area (Å²) < 4.78 is 0. The second kappa shape index (κ2) is 4.65. The molecule has 1 rings (SSSR count). The number of carboxylic acid groups (broad SMARTS) is 1. The van der Waals surface area contributed by atoms with E-state index in [0.29, 0.717) is 13.1 Å². The van der Waals surface area contributed by atoms with Crippen LogP contribution in [0.5, 0.6) is 0 Å². The molecule has 0 saturated carbocycles. The Balaban J connectivity index is 2.63. The summed E-state index contributed by atoms with van der Waals surface area (Å²) in [6, 6.07) is 0. The van der Waals surface area contributed by atoms with Crippen molar-refractivity contribution in [2.75, 3.05) is 26.7 Å². The maximum atomic E-state index is 11.7. The Hall–Kier alpha value is -1.36. The van der Waals surface area contributed by atoms with Crippen molar-refractivity contribution in [3.8, 4) is 0 Å². The lowest BCUT2D eigenvalue weighted by Crippen LogP contribution is -2.58. The summed E-state index contributed by atoms with van der Waals surface area (Å²) >= 11 is 0. The van der Waals surface area contributed by atoms with Gasteiger partial charge >= 0.3 is 5.97 Å². The zero-order valence-corrected chi connectivity index (χ0v) is 9.93. The van der Waals surface area contributed by atoms with E-state index in [-0.39, 0.29) is 11.4 Å². The number of carbonyl (C=O) groups is 2. The number of amides is 1. The fourth-order valence-corrected chi connectivity index (χ4v) is 1.68. The minimum Gasteiger partial charge on any atom is -0.478 e. The van der Waals surface area contributed by atoms with E-state index in [9.17, 15) is 9.59 Å². The van der Waals surface area contributed by atoms with Gasteiger partial charge in [0.25, 0.3) is 0 Å². The summed E-state index contributed by atoms with van der Waals surface area (Å²) in [5.74, 6) is -1.33. The molecular weight excluding hydrogens is 208 g/mol. The van der Waals surface area contributed by atoms with Gasteiger partial charge in [-0.15, -0.1) is 0 Å². The highest BCUT2D eigenvalue weighted by Gasteiger charge is 2.32. The van der Waals surface area contributed by atoms with Crippen LogP contribution in [0.4, 0.5) is 0 Å². The van der Waals surface area contributed by atoms with Crippen LogP contribution in [0.1, 0.15) is 13.8 Å². The van der Waals surface area contributed by atoms with Crippen LogP contribution in [0.15, 0.2) is 12.2 Å². The normalized spacial score (nSPS) is 21.3. The number of likely N-dealkylation sites (N-methyl/N-ethyl adjacent to an activating group) is 1. The minimum absolute atomic E-state index is 0.0645. The lowest BCUT2D eigenvalue weighted by molar-refractivity contribution is -0.133. The molecule has 16 heavy (non-hydrogen) atoms. The average molecular weight is 226 g/mol. The van der Waals surface area contributed by atoms with Gasteiger partial charge in [0.05, 0.1) is 0 Å². The van der Waals surface area contributed by atoms with Crippen molar-refractivity contribution in [1.82, 2.24) is 9.80 Å². The highest BCUT2D eigenvalue weighted by molar-refractivity contribution is 5.94. The molecular formula is C11H18N2O3. The van der Waals surface area contributed by atoms with E-state index in [0.717, 1.165) is 18.7 Å². The Morgan fingerprint density at radius 1 is 1.25 bits per heavy atom. The van der Waals surface area contributed by atoms with Gasteiger partial charge in [-0.3, -0.25) is 9.69 Å². The smallest absolute Gasteiger partial charge is 0.328 e. The molecule has 1 aliphatic rings. The first-order valence-corrected chi connectivity index (χ1v) is 5.24. The van der Waals surface area contributed by atoms with E-state index in [2.05, 4.69) is 18.7 Å². The van der Waals surface area contributed by atoms with Gasteiger partial charge < -0.3 is 10.0 Å². The third-order valence-electron chi connectivity index (χ3n) is 3.00. The zero-order chi connectivity index (χ0) is 12.3. The van der Waals surface area contributed by atoms with Crippen molar-refractivity contribution in [2.45, 2.75) is 19.4 Å². The van der Waals surface area contributed by atoms with Crippen LogP contribution in [0.25, 0.3) is 0 Å². The van der Waals surface area contributed by atoms with Crippen LogP contribution in [0.2, 0.25) is 0 Å².